The van der Waals surface area contributed by atoms with E-state index >= 15 is 0 Å². The minimum absolute atomic E-state index is 0.0885. The molecule has 15 heteroatoms. The molecular weight excluding hydrogens is 789 g/mol. The van der Waals surface area contributed by atoms with Gasteiger partial charge in [0.2, 0.25) is 11.8 Å². The highest BCUT2D eigenvalue weighted by atomic mass is 35.5. The summed E-state index contributed by atoms with van der Waals surface area (Å²) >= 11 is 12.4. The highest BCUT2D eigenvalue weighted by molar-refractivity contribution is 6.42. The number of aliphatic imine (C=N–C) groups is 2. The number of nitrogens with zero attached hydrogens (tertiary/aromatic N) is 2. The van der Waals surface area contributed by atoms with E-state index in [9.17, 15) is 19.2 Å². The molecule has 0 fully saturated rings. The predicted octanol–water partition coefficient (Wildman–Crippen LogP) is 4.67. The van der Waals surface area contributed by atoms with Crippen molar-refractivity contribution in [2.24, 2.45) is 56.2 Å². The van der Waals surface area contributed by atoms with E-state index in [1.165, 1.54) is 0 Å². The van der Waals surface area contributed by atoms with Crippen molar-refractivity contribution in [1.29, 1.82) is 0 Å². The first-order valence-electron chi connectivity index (χ1n) is 19.4. The highest BCUT2D eigenvalue weighted by Crippen LogP contribution is 2.29. The van der Waals surface area contributed by atoms with Crippen molar-refractivity contribution in [2.45, 2.75) is 63.5 Å². The van der Waals surface area contributed by atoms with E-state index in [1.807, 2.05) is 84.9 Å². The van der Waals surface area contributed by atoms with Crippen molar-refractivity contribution in [1.82, 2.24) is 5.32 Å². The number of nitrogens with one attached hydrogen (secondary N) is 1. The fourth-order valence-corrected chi connectivity index (χ4v) is 6.95. The summed E-state index contributed by atoms with van der Waals surface area (Å²) < 4.78 is 0. The molecule has 0 radical (unpaired) electrons. The number of hydrogen-bond donors (Lipinski definition) is 7. The molecule has 0 aliphatic carbocycles. The van der Waals surface area contributed by atoms with Gasteiger partial charge in [-0.3, -0.25) is 29.2 Å². The van der Waals surface area contributed by atoms with Crippen LogP contribution in [0.1, 0.15) is 49.7 Å². The van der Waals surface area contributed by atoms with Crippen LogP contribution in [0.2, 0.25) is 10.0 Å². The van der Waals surface area contributed by atoms with E-state index in [0.717, 1.165) is 33.4 Å². The molecular formula is C44H53Cl2N9O4. The number of hydrogen-bond acceptors (Lipinski definition) is 7. The molecule has 4 aromatic rings. The van der Waals surface area contributed by atoms with Gasteiger partial charge in [-0.05, 0) is 84.0 Å². The van der Waals surface area contributed by atoms with Crippen LogP contribution in [0.5, 0.6) is 0 Å². The van der Waals surface area contributed by atoms with Gasteiger partial charge in [0.25, 0.3) is 0 Å². The summed E-state index contributed by atoms with van der Waals surface area (Å²) in [6, 6.07) is 28.5. The smallest absolute Gasteiger partial charge is 0.224 e. The molecule has 13 N–H and O–H groups in total. The van der Waals surface area contributed by atoms with E-state index in [1.54, 1.807) is 12.1 Å². The maximum atomic E-state index is 14.2. The van der Waals surface area contributed by atoms with Gasteiger partial charge in [0.05, 0.1) is 22.1 Å². The number of carbonyl (C=O) groups excluding carboxylic acids is 4. The van der Waals surface area contributed by atoms with Crippen molar-refractivity contribution in [3.8, 4) is 22.3 Å². The topological polar surface area (TPSA) is 261 Å². The van der Waals surface area contributed by atoms with Gasteiger partial charge in [0, 0.05) is 37.8 Å². The predicted molar refractivity (Wildman–Crippen MR) is 236 cm³/mol. The zero-order valence-corrected chi connectivity index (χ0v) is 34.4. The lowest BCUT2D eigenvalue weighted by Gasteiger charge is -2.24. The number of benzene rings is 4. The number of ketones is 2. The lowest BCUT2D eigenvalue weighted by Crippen LogP contribution is -2.47. The van der Waals surface area contributed by atoms with Gasteiger partial charge in [0.1, 0.15) is 0 Å². The molecule has 0 heterocycles. The number of amides is 2. The van der Waals surface area contributed by atoms with Crippen molar-refractivity contribution >= 4 is 58.5 Å². The van der Waals surface area contributed by atoms with E-state index < -0.39 is 41.5 Å². The third kappa shape index (κ3) is 15.2. The van der Waals surface area contributed by atoms with Crippen molar-refractivity contribution in [3.05, 3.63) is 118 Å². The van der Waals surface area contributed by atoms with Gasteiger partial charge in [-0.15, -0.1) is 0 Å². The molecule has 0 aliphatic heterocycles. The molecule has 0 saturated heterocycles. The van der Waals surface area contributed by atoms with Gasteiger partial charge in [-0.2, -0.15) is 0 Å². The van der Waals surface area contributed by atoms with Crippen molar-refractivity contribution in [2.75, 3.05) is 13.1 Å². The van der Waals surface area contributed by atoms with Crippen LogP contribution < -0.4 is 39.7 Å². The van der Waals surface area contributed by atoms with Gasteiger partial charge >= 0.3 is 0 Å². The van der Waals surface area contributed by atoms with Crippen molar-refractivity contribution < 1.29 is 19.2 Å². The number of carbonyl (C=O) groups is 4. The Morgan fingerprint density at radius 3 is 1.61 bits per heavy atom. The minimum Gasteiger partial charge on any atom is -0.370 e. The summed E-state index contributed by atoms with van der Waals surface area (Å²) in [5, 5.41) is 3.75. The van der Waals surface area contributed by atoms with Gasteiger partial charge in [0.15, 0.2) is 23.5 Å². The fourth-order valence-electron chi connectivity index (χ4n) is 6.65. The van der Waals surface area contributed by atoms with Crippen LogP contribution in [-0.4, -0.2) is 60.5 Å². The third-order valence-corrected chi connectivity index (χ3v) is 10.7. The average Bonchev–Trinajstić information content (AvgIpc) is 3.21. The second kappa shape index (κ2) is 23.0. The van der Waals surface area contributed by atoms with E-state index in [4.69, 9.17) is 57.6 Å². The number of primary amides is 1. The van der Waals surface area contributed by atoms with E-state index in [0.29, 0.717) is 22.9 Å². The molecule has 13 nitrogen and oxygen atoms in total. The number of guanidine groups is 2. The minimum atomic E-state index is -1.06. The first-order chi connectivity index (χ1) is 28.2. The molecule has 0 aromatic heterocycles. The molecule has 0 bridgehead atoms. The lowest BCUT2D eigenvalue weighted by atomic mass is 9.89. The van der Waals surface area contributed by atoms with E-state index in [-0.39, 0.29) is 69.3 Å². The van der Waals surface area contributed by atoms with Crippen LogP contribution in [0.3, 0.4) is 0 Å². The molecule has 0 saturated carbocycles. The molecule has 0 unspecified atom stereocenters. The second-order valence-corrected chi connectivity index (χ2v) is 15.3. The third-order valence-electron chi connectivity index (χ3n) is 9.96. The standard InChI is InChI=1S/C44H53Cl2N9O4/c45-35-19-18-32(24-36(35)46)31-16-12-28(13-17-31)23-38(40(57)25-33(41(48)58)8-4-20-53-43(49)50)55-42(59)34(9-5-21-54-44(51)52)26-39(56)37(47)22-27-10-14-30(15-11-27)29-6-2-1-3-7-29/h1-3,6-7,10-19,24,33-34,37-38H,4-5,8-9,20-23,25-26,47H2,(H2,48,58)(H,55,59)(H4,49,50,53)(H4,51,52,54)/t33-,34-,37+,38+/m1/s1. The van der Waals surface area contributed by atoms with Crippen LogP contribution in [0, 0.1) is 11.8 Å². The van der Waals surface area contributed by atoms with Gasteiger partial charge in [-0.25, -0.2) is 0 Å². The SMILES string of the molecule is NC(=O)[C@H](CCCN=C(N)N)CC(=O)[C@H](Cc1ccc(-c2ccc(Cl)c(Cl)c2)cc1)NC(=O)[C@H](CCCN=C(N)N)CC(=O)[C@@H](N)Cc1ccc(-c2ccccc2)cc1. The normalized spacial score (nSPS) is 13.0. The molecule has 312 valence electrons. The fraction of sp³-hybridized carbons (Fsp3) is 0.318. The van der Waals surface area contributed by atoms with Crippen LogP contribution in [0.15, 0.2) is 107 Å². The summed E-state index contributed by atoms with van der Waals surface area (Å²) in [7, 11) is 0. The quantitative estimate of drug-likeness (QED) is 0.0311. The average molecular weight is 843 g/mol. The monoisotopic (exact) mass is 841 g/mol. The van der Waals surface area contributed by atoms with Crippen molar-refractivity contribution in [3.63, 3.8) is 0 Å². The zero-order valence-electron chi connectivity index (χ0n) is 32.9. The van der Waals surface area contributed by atoms with Crippen LogP contribution in [-0.2, 0) is 32.0 Å². The zero-order chi connectivity index (χ0) is 42.9. The molecule has 2 amide bonds. The summed E-state index contributed by atoms with van der Waals surface area (Å²) in [5.41, 5.74) is 39.5. The van der Waals surface area contributed by atoms with Gasteiger partial charge < -0.3 is 39.7 Å². The highest BCUT2D eigenvalue weighted by Gasteiger charge is 2.31. The Balaban J connectivity index is 1.54. The van der Waals surface area contributed by atoms with Gasteiger partial charge in [-0.1, -0.05) is 108 Å². The summed E-state index contributed by atoms with van der Waals surface area (Å²) in [6.07, 6.45) is 1.24. The summed E-state index contributed by atoms with van der Waals surface area (Å²) in [6.45, 7) is 0.482. The first-order valence-corrected chi connectivity index (χ1v) is 20.2. The molecule has 0 aliphatic rings. The largest absolute Gasteiger partial charge is 0.370 e. The van der Waals surface area contributed by atoms with E-state index in [2.05, 4.69) is 15.3 Å². The van der Waals surface area contributed by atoms with Crippen LogP contribution in [0.25, 0.3) is 22.3 Å². The molecule has 0 spiro atoms. The second-order valence-electron chi connectivity index (χ2n) is 14.5. The Hall–Kier alpha value is -5.76. The molecule has 4 rings (SSSR count). The Bertz CT molecular complexity index is 2090. The maximum Gasteiger partial charge on any atom is 0.224 e. The maximum absolute atomic E-state index is 14.2. The Labute approximate surface area is 355 Å². The number of halogens is 2. The Kier molecular flexibility index (Phi) is 17.9. The number of rotatable bonds is 23. The molecule has 59 heavy (non-hydrogen) atoms. The lowest BCUT2D eigenvalue weighted by molar-refractivity contribution is -0.134. The number of Topliss-reactive ketones (excluding diaryl/α,β-unsaturated/α-hetero) is 2. The first kappa shape index (κ1) is 45.9. The summed E-state index contributed by atoms with van der Waals surface area (Å²) in [4.78, 5) is 62.3. The van der Waals surface area contributed by atoms with Crippen LogP contribution in [0.4, 0.5) is 0 Å². The Morgan fingerprint density at radius 2 is 1.07 bits per heavy atom. The van der Waals surface area contributed by atoms with Crippen LogP contribution >= 0.6 is 23.2 Å². The number of nitrogens with two attached hydrogens (primary N) is 6. The molecule has 4 aromatic carbocycles. The summed E-state index contributed by atoms with van der Waals surface area (Å²) in [5.74, 6) is -3.77. The molecule has 4 atom stereocenters. The Morgan fingerprint density at radius 1 is 0.576 bits per heavy atom.